The van der Waals surface area contributed by atoms with Gasteiger partial charge in [-0.2, -0.15) is 0 Å². The summed E-state index contributed by atoms with van der Waals surface area (Å²) in [6.45, 7) is 6.95. The normalized spacial score (nSPS) is 11.0. The van der Waals surface area contributed by atoms with E-state index in [9.17, 15) is 0 Å². The highest BCUT2D eigenvalue weighted by molar-refractivity contribution is 5.50. The van der Waals surface area contributed by atoms with Crippen LogP contribution in [0, 0.1) is 20.8 Å². The topological polar surface area (TPSA) is 55.1 Å². The lowest BCUT2D eigenvalue weighted by molar-refractivity contribution is 0.853. The summed E-state index contributed by atoms with van der Waals surface area (Å²) in [7, 11) is 0. The van der Waals surface area contributed by atoms with Crippen LogP contribution in [0.3, 0.4) is 0 Å². The first-order chi connectivity index (χ1) is 10.1. The van der Waals surface area contributed by atoms with Gasteiger partial charge in [0, 0.05) is 30.0 Å². The van der Waals surface area contributed by atoms with Gasteiger partial charge in [-0.3, -0.25) is 4.40 Å². The Hall–Kier alpha value is -2.43. The molecule has 0 radical (unpaired) electrons. The van der Waals surface area contributed by atoms with Crippen LogP contribution in [0.4, 0.5) is 5.69 Å². The van der Waals surface area contributed by atoms with Crippen molar-refractivity contribution >= 4 is 11.5 Å². The summed E-state index contributed by atoms with van der Waals surface area (Å²) in [5.41, 5.74) is 4.50. The van der Waals surface area contributed by atoms with Crippen LogP contribution in [0.15, 0.2) is 30.3 Å². The Bertz CT molecular complexity index is 775. The molecule has 0 fully saturated rings. The lowest BCUT2D eigenvalue weighted by Gasteiger charge is -2.09. The first-order valence-electron chi connectivity index (χ1n) is 7.13. The van der Waals surface area contributed by atoms with E-state index in [0.29, 0.717) is 5.78 Å². The van der Waals surface area contributed by atoms with Crippen LogP contribution in [-0.4, -0.2) is 26.1 Å². The van der Waals surface area contributed by atoms with Crippen molar-refractivity contribution in [2.45, 2.75) is 27.2 Å². The highest BCUT2D eigenvalue weighted by atomic mass is 15.3. The van der Waals surface area contributed by atoms with Gasteiger partial charge >= 0.3 is 0 Å². The van der Waals surface area contributed by atoms with E-state index in [1.807, 2.05) is 23.5 Å². The predicted molar refractivity (Wildman–Crippen MR) is 83.6 cm³/mol. The van der Waals surface area contributed by atoms with Crippen molar-refractivity contribution in [1.82, 2.24) is 19.6 Å². The Morgan fingerprint density at radius 2 is 1.90 bits per heavy atom. The third-order valence-electron chi connectivity index (χ3n) is 3.57. The zero-order chi connectivity index (χ0) is 14.8. The van der Waals surface area contributed by atoms with Crippen molar-refractivity contribution in [2.75, 3.05) is 11.9 Å². The number of hydrogen-bond acceptors (Lipinski definition) is 4. The van der Waals surface area contributed by atoms with Gasteiger partial charge in [0.1, 0.15) is 5.82 Å². The number of benzene rings is 1. The SMILES string of the molecule is Cc1cc(C)n2c(CCNc3ccccc3C)nnc2n1. The molecule has 2 heterocycles. The van der Waals surface area contributed by atoms with Crippen molar-refractivity contribution in [1.29, 1.82) is 0 Å². The van der Waals surface area contributed by atoms with Gasteiger partial charge in [-0.15, -0.1) is 10.2 Å². The van der Waals surface area contributed by atoms with Crippen LogP contribution >= 0.6 is 0 Å². The van der Waals surface area contributed by atoms with E-state index in [0.717, 1.165) is 35.9 Å². The number of nitrogens with one attached hydrogen (secondary N) is 1. The van der Waals surface area contributed by atoms with Gasteiger partial charge < -0.3 is 5.32 Å². The Labute approximate surface area is 124 Å². The fraction of sp³-hybridized carbons (Fsp3) is 0.312. The second-order valence-electron chi connectivity index (χ2n) is 5.28. The number of aryl methyl sites for hydroxylation is 3. The summed E-state index contributed by atoms with van der Waals surface area (Å²) >= 11 is 0. The molecule has 3 rings (SSSR count). The minimum Gasteiger partial charge on any atom is -0.384 e. The summed E-state index contributed by atoms with van der Waals surface area (Å²) in [6, 6.07) is 10.3. The lowest BCUT2D eigenvalue weighted by Crippen LogP contribution is -2.09. The maximum atomic E-state index is 4.41. The van der Waals surface area contributed by atoms with Crippen molar-refractivity contribution in [3.05, 3.63) is 53.1 Å². The molecule has 0 aliphatic carbocycles. The van der Waals surface area contributed by atoms with Crippen molar-refractivity contribution < 1.29 is 0 Å². The molecule has 0 aliphatic heterocycles. The molecule has 108 valence electrons. The zero-order valence-corrected chi connectivity index (χ0v) is 12.6. The van der Waals surface area contributed by atoms with Gasteiger partial charge in [0.05, 0.1) is 0 Å². The quantitative estimate of drug-likeness (QED) is 0.799. The molecule has 0 amide bonds. The number of nitrogens with zero attached hydrogens (tertiary/aromatic N) is 4. The van der Waals surface area contributed by atoms with Crippen molar-refractivity contribution in [3.8, 4) is 0 Å². The molecule has 0 atom stereocenters. The Balaban J connectivity index is 1.76. The van der Waals surface area contributed by atoms with Crippen LogP contribution in [-0.2, 0) is 6.42 Å². The van der Waals surface area contributed by atoms with Crippen LogP contribution in [0.5, 0.6) is 0 Å². The van der Waals surface area contributed by atoms with E-state index in [-0.39, 0.29) is 0 Å². The first-order valence-corrected chi connectivity index (χ1v) is 7.13. The van der Waals surface area contributed by atoms with E-state index < -0.39 is 0 Å². The van der Waals surface area contributed by atoms with Gasteiger partial charge in [0.25, 0.3) is 5.78 Å². The van der Waals surface area contributed by atoms with Gasteiger partial charge in [-0.1, -0.05) is 18.2 Å². The molecule has 2 aromatic heterocycles. The molecule has 0 aliphatic rings. The standard InChI is InChI=1S/C16H19N5/c1-11-6-4-5-7-14(11)17-9-8-15-19-20-16-18-12(2)10-13(3)21(15)16/h4-7,10,17H,8-9H2,1-3H3. The number of anilines is 1. The maximum absolute atomic E-state index is 4.41. The summed E-state index contributed by atoms with van der Waals surface area (Å²) in [6.07, 6.45) is 0.807. The highest BCUT2D eigenvalue weighted by Gasteiger charge is 2.09. The van der Waals surface area contributed by atoms with Crippen LogP contribution < -0.4 is 5.32 Å². The molecular formula is C16H19N5. The number of rotatable bonds is 4. The minimum absolute atomic E-state index is 0.679. The summed E-state index contributed by atoms with van der Waals surface area (Å²) in [4.78, 5) is 4.41. The molecule has 1 N–H and O–H groups in total. The molecule has 3 aromatic rings. The molecule has 0 saturated heterocycles. The first kappa shape index (κ1) is 13.5. The van der Waals surface area contributed by atoms with E-state index in [1.54, 1.807) is 0 Å². The highest BCUT2D eigenvalue weighted by Crippen LogP contribution is 2.13. The van der Waals surface area contributed by atoms with Crippen molar-refractivity contribution in [3.63, 3.8) is 0 Å². The predicted octanol–water partition coefficient (Wildman–Crippen LogP) is 2.70. The minimum atomic E-state index is 0.679. The van der Waals surface area contributed by atoms with E-state index in [4.69, 9.17) is 0 Å². The van der Waals surface area contributed by atoms with Gasteiger partial charge in [0.2, 0.25) is 0 Å². The third kappa shape index (κ3) is 2.72. The van der Waals surface area contributed by atoms with Gasteiger partial charge in [-0.25, -0.2) is 4.98 Å². The molecule has 1 aromatic carbocycles. The number of para-hydroxylation sites is 1. The molecule has 0 saturated carbocycles. The molecule has 21 heavy (non-hydrogen) atoms. The summed E-state index contributed by atoms with van der Waals surface area (Å²) < 4.78 is 2.02. The largest absolute Gasteiger partial charge is 0.384 e. The fourth-order valence-electron chi connectivity index (χ4n) is 2.54. The van der Waals surface area contributed by atoms with Crippen molar-refractivity contribution in [2.24, 2.45) is 0 Å². The summed E-state index contributed by atoms with van der Waals surface area (Å²) in [5.74, 6) is 1.62. The number of hydrogen-bond donors (Lipinski definition) is 1. The molecule has 0 bridgehead atoms. The molecule has 0 unspecified atom stereocenters. The van der Waals surface area contributed by atoms with Gasteiger partial charge in [0.15, 0.2) is 0 Å². The second-order valence-corrected chi connectivity index (χ2v) is 5.28. The van der Waals surface area contributed by atoms with E-state index in [1.165, 1.54) is 5.56 Å². The van der Waals surface area contributed by atoms with E-state index in [2.05, 4.69) is 52.5 Å². The number of aromatic nitrogens is 4. The lowest BCUT2D eigenvalue weighted by atomic mass is 10.2. The van der Waals surface area contributed by atoms with Crippen LogP contribution in [0.25, 0.3) is 5.78 Å². The molecule has 5 nitrogen and oxygen atoms in total. The Morgan fingerprint density at radius 3 is 2.71 bits per heavy atom. The average Bonchev–Trinajstić information content (AvgIpc) is 2.84. The van der Waals surface area contributed by atoms with Gasteiger partial charge in [-0.05, 0) is 38.5 Å². The van der Waals surface area contributed by atoms with Crippen LogP contribution in [0.2, 0.25) is 0 Å². The Kier molecular flexibility index (Phi) is 3.56. The molecule has 0 spiro atoms. The third-order valence-corrected chi connectivity index (χ3v) is 3.57. The zero-order valence-electron chi connectivity index (χ0n) is 12.6. The van der Waals surface area contributed by atoms with E-state index >= 15 is 0 Å². The number of fused-ring (bicyclic) bond motifs is 1. The monoisotopic (exact) mass is 281 g/mol. The fourth-order valence-corrected chi connectivity index (χ4v) is 2.54. The second kappa shape index (κ2) is 5.52. The average molecular weight is 281 g/mol. The summed E-state index contributed by atoms with van der Waals surface area (Å²) in [5, 5.41) is 11.9. The van der Waals surface area contributed by atoms with Crippen LogP contribution in [0.1, 0.15) is 22.8 Å². The smallest absolute Gasteiger partial charge is 0.255 e. The molecule has 5 heteroatoms. The maximum Gasteiger partial charge on any atom is 0.255 e. The Morgan fingerprint density at radius 1 is 1.10 bits per heavy atom. The molecular weight excluding hydrogens is 262 g/mol.